The van der Waals surface area contributed by atoms with Gasteiger partial charge in [0.05, 0.1) is 16.3 Å². The zero-order valence-corrected chi connectivity index (χ0v) is 20.1. The number of rotatable bonds is 9. The zero-order chi connectivity index (χ0) is 23.8. The van der Waals surface area contributed by atoms with Crippen molar-refractivity contribution in [1.29, 1.82) is 0 Å². The Kier molecular flexibility index (Phi) is 7.95. The number of hydrogen-bond acceptors (Lipinski definition) is 6. The molecule has 0 fully saturated rings. The van der Waals surface area contributed by atoms with Gasteiger partial charge in [0.2, 0.25) is 0 Å². The molecule has 0 spiro atoms. The van der Waals surface area contributed by atoms with E-state index in [0.717, 1.165) is 15.6 Å². The lowest BCUT2D eigenvalue weighted by atomic mass is 10.2. The van der Waals surface area contributed by atoms with E-state index in [1.807, 2.05) is 60.8 Å². The Hall–Kier alpha value is -3.62. The molecule has 0 aliphatic heterocycles. The first-order valence-corrected chi connectivity index (χ1v) is 12.5. The van der Waals surface area contributed by atoms with Crippen molar-refractivity contribution in [1.82, 2.24) is 4.98 Å². The van der Waals surface area contributed by atoms with Crippen LogP contribution in [0.5, 0.6) is 5.75 Å². The van der Waals surface area contributed by atoms with E-state index in [9.17, 15) is 9.59 Å². The highest BCUT2D eigenvalue weighted by Gasteiger charge is 2.13. The Labute approximate surface area is 206 Å². The van der Waals surface area contributed by atoms with Crippen LogP contribution >= 0.6 is 23.1 Å². The van der Waals surface area contributed by atoms with Gasteiger partial charge in [0.15, 0.2) is 6.61 Å². The van der Waals surface area contributed by atoms with E-state index in [1.54, 1.807) is 53.4 Å². The zero-order valence-electron chi connectivity index (χ0n) is 18.5. The molecule has 2 amide bonds. The van der Waals surface area contributed by atoms with Gasteiger partial charge in [-0.05, 0) is 43.3 Å². The Morgan fingerprint density at radius 1 is 0.941 bits per heavy atom. The van der Waals surface area contributed by atoms with Gasteiger partial charge in [-0.15, -0.1) is 23.1 Å². The molecule has 2 N–H and O–H groups in total. The summed E-state index contributed by atoms with van der Waals surface area (Å²) in [7, 11) is 0. The third-order valence-corrected chi connectivity index (χ3v) is 6.62. The minimum absolute atomic E-state index is 0.137. The normalized spacial score (nSPS) is 10.5. The third-order valence-electron chi connectivity index (χ3n) is 4.69. The number of para-hydroxylation sites is 1. The maximum atomic E-state index is 13.0. The number of nitrogens with zero attached hydrogens (tertiary/aromatic N) is 1. The number of ether oxygens (including phenoxy) is 1. The molecule has 1 heterocycles. The van der Waals surface area contributed by atoms with E-state index < -0.39 is 0 Å². The molecule has 0 radical (unpaired) electrons. The molecule has 8 heteroatoms. The monoisotopic (exact) mass is 489 g/mol. The van der Waals surface area contributed by atoms with Gasteiger partial charge in [0.1, 0.15) is 5.75 Å². The molecule has 6 nitrogen and oxygen atoms in total. The quantitative estimate of drug-likeness (QED) is 0.281. The molecule has 34 heavy (non-hydrogen) atoms. The van der Waals surface area contributed by atoms with Crippen LogP contribution in [-0.4, -0.2) is 23.4 Å². The van der Waals surface area contributed by atoms with Gasteiger partial charge >= 0.3 is 0 Å². The molecular formula is C26H23N3O3S2. The molecule has 3 aromatic carbocycles. The number of carbonyl (C=O) groups is 2. The van der Waals surface area contributed by atoms with Crippen LogP contribution in [0.3, 0.4) is 0 Å². The highest BCUT2D eigenvalue weighted by atomic mass is 32.2. The molecule has 0 atom stereocenters. The van der Waals surface area contributed by atoms with E-state index in [4.69, 9.17) is 4.74 Å². The standard InChI is InChI=1S/C26H23N3O3S2/c1-18-27-21(16-33-18)17-34-24-13-6-5-12-23(24)26(31)29-20-10-7-11-22(14-20)32-15-25(30)28-19-8-3-2-4-9-19/h2-14,16H,15,17H2,1H3,(H,28,30)(H,29,31). The van der Waals surface area contributed by atoms with E-state index in [1.165, 1.54) is 0 Å². The predicted octanol–water partition coefficient (Wildman–Crippen LogP) is 6.01. The van der Waals surface area contributed by atoms with Crippen molar-refractivity contribution in [2.45, 2.75) is 17.6 Å². The molecule has 0 unspecified atom stereocenters. The van der Waals surface area contributed by atoms with Crippen LogP contribution in [-0.2, 0) is 10.5 Å². The number of carbonyl (C=O) groups excluding carboxylic acids is 2. The number of aryl methyl sites for hydroxylation is 1. The SMILES string of the molecule is Cc1nc(CSc2ccccc2C(=O)Nc2cccc(OCC(=O)Nc3ccccc3)c2)cs1. The molecule has 0 bridgehead atoms. The lowest BCUT2D eigenvalue weighted by Gasteiger charge is -2.11. The fourth-order valence-corrected chi connectivity index (χ4v) is 4.80. The Bertz CT molecular complexity index is 1280. The third kappa shape index (κ3) is 6.69. The summed E-state index contributed by atoms with van der Waals surface area (Å²) in [6.45, 7) is 1.84. The summed E-state index contributed by atoms with van der Waals surface area (Å²) < 4.78 is 5.61. The second-order valence-corrected chi connectivity index (χ2v) is 9.41. The second-order valence-electron chi connectivity index (χ2n) is 7.33. The van der Waals surface area contributed by atoms with Gasteiger partial charge in [-0.2, -0.15) is 0 Å². The Morgan fingerprint density at radius 3 is 2.50 bits per heavy atom. The number of anilines is 2. The molecule has 0 saturated carbocycles. The van der Waals surface area contributed by atoms with Crippen molar-refractivity contribution in [2.24, 2.45) is 0 Å². The van der Waals surface area contributed by atoms with Crippen molar-refractivity contribution in [3.63, 3.8) is 0 Å². The second kappa shape index (κ2) is 11.5. The first-order chi connectivity index (χ1) is 16.6. The van der Waals surface area contributed by atoms with Crippen molar-refractivity contribution < 1.29 is 14.3 Å². The van der Waals surface area contributed by atoms with E-state index in [2.05, 4.69) is 15.6 Å². The number of nitrogens with one attached hydrogen (secondary N) is 2. The number of benzene rings is 3. The summed E-state index contributed by atoms with van der Waals surface area (Å²) in [6.07, 6.45) is 0. The number of aromatic nitrogens is 1. The topological polar surface area (TPSA) is 80.3 Å². The van der Waals surface area contributed by atoms with Gasteiger partial charge in [-0.1, -0.05) is 36.4 Å². The van der Waals surface area contributed by atoms with Crippen LogP contribution in [0.25, 0.3) is 0 Å². The first kappa shape index (κ1) is 23.5. The first-order valence-electron chi connectivity index (χ1n) is 10.6. The van der Waals surface area contributed by atoms with E-state index in [0.29, 0.717) is 28.4 Å². The Morgan fingerprint density at radius 2 is 1.71 bits per heavy atom. The fraction of sp³-hybridized carbons (Fsp3) is 0.115. The van der Waals surface area contributed by atoms with Crippen molar-refractivity contribution in [3.8, 4) is 5.75 Å². The smallest absolute Gasteiger partial charge is 0.262 e. The van der Waals surface area contributed by atoms with Gasteiger partial charge < -0.3 is 15.4 Å². The summed E-state index contributed by atoms with van der Waals surface area (Å²) in [5.74, 6) is 0.712. The van der Waals surface area contributed by atoms with E-state index in [-0.39, 0.29) is 18.4 Å². The largest absolute Gasteiger partial charge is 0.484 e. The Balaban J connectivity index is 1.35. The molecule has 4 rings (SSSR count). The summed E-state index contributed by atoms with van der Waals surface area (Å²) in [6, 6.07) is 23.7. The number of amides is 2. The average molecular weight is 490 g/mol. The van der Waals surface area contributed by atoms with Crippen LogP contribution in [0.1, 0.15) is 21.1 Å². The summed E-state index contributed by atoms with van der Waals surface area (Å²) in [5.41, 5.74) is 2.89. The minimum atomic E-state index is -0.262. The summed E-state index contributed by atoms with van der Waals surface area (Å²) in [4.78, 5) is 30.5. The van der Waals surface area contributed by atoms with Crippen molar-refractivity contribution in [2.75, 3.05) is 17.2 Å². The van der Waals surface area contributed by atoms with Crippen molar-refractivity contribution >= 4 is 46.3 Å². The van der Waals surface area contributed by atoms with E-state index >= 15 is 0 Å². The number of hydrogen-bond donors (Lipinski definition) is 2. The average Bonchev–Trinajstić information content (AvgIpc) is 3.27. The van der Waals surface area contributed by atoms with Gasteiger partial charge in [0.25, 0.3) is 11.8 Å². The van der Waals surface area contributed by atoms with Gasteiger partial charge in [-0.3, -0.25) is 9.59 Å². The molecule has 1 aromatic heterocycles. The fourth-order valence-electron chi connectivity index (χ4n) is 3.14. The van der Waals surface area contributed by atoms with Crippen molar-refractivity contribution in [3.05, 3.63) is 101 Å². The summed E-state index contributed by atoms with van der Waals surface area (Å²) in [5, 5.41) is 8.76. The molecule has 0 aliphatic carbocycles. The van der Waals surface area contributed by atoms with Crippen LogP contribution in [0.2, 0.25) is 0 Å². The molecule has 0 aliphatic rings. The lowest BCUT2D eigenvalue weighted by Crippen LogP contribution is -2.20. The van der Waals surface area contributed by atoms with Crippen LogP contribution in [0.15, 0.2) is 89.1 Å². The highest BCUT2D eigenvalue weighted by Crippen LogP contribution is 2.28. The maximum Gasteiger partial charge on any atom is 0.262 e. The predicted molar refractivity (Wildman–Crippen MR) is 138 cm³/mol. The molecular weight excluding hydrogens is 466 g/mol. The molecule has 172 valence electrons. The molecule has 0 saturated heterocycles. The highest BCUT2D eigenvalue weighted by molar-refractivity contribution is 7.98. The number of thioether (sulfide) groups is 1. The minimum Gasteiger partial charge on any atom is -0.484 e. The van der Waals surface area contributed by atoms with Crippen LogP contribution in [0, 0.1) is 6.92 Å². The maximum absolute atomic E-state index is 13.0. The van der Waals surface area contributed by atoms with Gasteiger partial charge in [-0.25, -0.2) is 4.98 Å². The lowest BCUT2D eigenvalue weighted by molar-refractivity contribution is -0.118. The summed E-state index contributed by atoms with van der Waals surface area (Å²) >= 11 is 3.20. The van der Waals surface area contributed by atoms with Gasteiger partial charge in [0, 0.05) is 33.5 Å². The van der Waals surface area contributed by atoms with Crippen LogP contribution in [0.4, 0.5) is 11.4 Å². The molecule has 4 aromatic rings. The number of thiazole rings is 1. The van der Waals surface area contributed by atoms with Crippen LogP contribution < -0.4 is 15.4 Å².